The number of nitrogens with one attached hydrogen (secondary N) is 1. The smallest absolute Gasteiger partial charge is 0.118 e. The van der Waals surface area contributed by atoms with Gasteiger partial charge in [-0.3, -0.25) is 4.68 Å². The Hall–Kier alpha value is -1.81. The molecule has 1 aliphatic heterocycles. The number of nitrogens with zero attached hydrogens (tertiary/aromatic N) is 2. The molecule has 1 aromatic heterocycles. The topological polar surface area (TPSA) is 39.1 Å². The van der Waals surface area contributed by atoms with E-state index in [1.165, 1.54) is 22.5 Å². The van der Waals surface area contributed by atoms with Crippen LogP contribution in [0.3, 0.4) is 0 Å². The molecule has 21 heavy (non-hydrogen) atoms. The first-order valence-electron chi connectivity index (χ1n) is 7.66. The predicted octanol–water partition coefficient (Wildman–Crippen LogP) is 2.83. The van der Waals surface area contributed by atoms with Gasteiger partial charge >= 0.3 is 0 Å². The number of aromatic nitrogens is 2. The van der Waals surface area contributed by atoms with Crippen LogP contribution < -0.4 is 10.1 Å². The Kier molecular flexibility index (Phi) is 3.97. The number of rotatable bonds is 3. The zero-order chi connectivity index (χ0) is 14.8. The lowest BCUT2D eigenvalue weighted by Crippen LogP contribution is -2.17. The van der Waals surface area contributed by atoms with Gasteiger partial charge in [0.1, 0.15) is 5.75 Å². The summed E-state index contributed by atoms with van der Waals surface area (Å²) in [6.45, 7) is 6.43. The molecule has 0 atom stereocenters. The molecule has 4 heteroatoms. The molecule has 0 bridgehead atoms. The van der Waals surface area contributed by atoms with Gasteiger partial charge in [0.25, 0.3) is 0 Å². The zero-order valence-corrected chi connectivity index (χ0v) is 13.0. The summed E-state index contributed by atoms with van der Waals surface area (Å²) in [5.74, 6) is 0.891. The van der Waals surface area contributed by atoms with Crippen LogP contribution in [0.4, 0.5) is 0 Å². The summed E-state index contributed by atoms with van der Waals surface area (Å²) in [4.78, 5) is 0. The van der Waals surface area contributed by atoms with Crippen molar-refractivity contribution in [2.24, 2.45) is 0 Å². The lowest BCUT2D eigenvalue weighted by atomic mass is 10.0. The summed E-state index contributed by atoms with van der Waals surface area (Å²) in [5, 5.41) is 8.33. The Bertz CT molecular complexity index is 614. The van der Waals surface area contributed by atoms with Crippen LogP contribution in [0.1, 0.15) is 31.1 Å². The van der Waals surface area contributed by atoms with Gasteiger partial charge in [0, 0.05) is 30.1 Å². The van der Waals surface area contributed by atoms with Crippen LogP contribution in [-0.2, 0) is 12.8 Å². The third-order valence-corrected chi connectivity index (χ3v) is 4.03. The van der Waals surface area contributed by atoms with E-state index in [0.717, 1.165) is 31.7 Å². The van der Waals surface area contributed by atoms with Gasteiger partial charge in [-0.2, -0.15) is 5.10 Å². The minimum absolute atomic E-state index is 0.363. The van der Waals surface area contributed by atoms with Crippen LogP contribution in [0.2, 0.25) is 0 Å². The molecule has 3 rings (SSSR count). The van der Waals surface area contributed by atoms with Gasteiger partial charge in [-0.15, -0.1) is 0 Å². The maximum Gasteiger partial charge on any atom is 0.118 e. The van der Waals surface area contributed by atoms with E-state index in [2.05, 4.69) is 36.0 Å². The normalized spacial score (nSPS) is 14.9. The van der Waals surface area contributed by atoms with Crippen molar-refractivity contribution in [1.82, 2.24) is 15.1 Å². The number of benzene rings is 1. The number of hydrogen-bond acceptors (Lipinski definition) is 3. The first kappa shape index (κ1) is 14.1. The fourth-order valence-electron chi connectivity index (χ4n) is 2.95. The molecular weight excluding hydrogens is 262 g/mol. The van der Waals surface area contributed by atoms with Crippen molar-refractivity contribution in [3.8, 4) is 17.0 Å². The molecular formula is C17H23N3O. The second-order valence-electron chi connectivity index (χ2n) is 5.79. The van der Waals surface area contributed by atoms with Gasteiger partial charge in [-0.25, -0.2) is 0 Å². The predicted molar refractivity (Wildman–Crippen MR) is 84.9 cm³/mol. The molecule has 0 radical (unpaired) electrons. The minimum Gasteiger partial charge on any atom is -0.497 e. The van der Waals surface area contributed by atoms with Crippen molar-refractivity contribution in [1.29, 1.82) is 0 Å². The molecule has 0 amide bonds. The van der Waals surface area contributed by atoms with Gasteiger partial charge < -0.3 is 10.1 Å². The van der Waals surface area contributed by atoms with Gasteiger partial charge in [-0.1, -0.05) is 0 Å². The van der Waals surface area contributed by atoms with E-state index < -0.39 is 0 Å². The Labute approximate surface area is 126 Å². The molecule has 4 nitrogen and oxygen atoms in total. The monoisotopic (exact) mass is 285 g/mol. The van der Waals surface area contributed by atoms with E-state index in [0.29, 0.717) is 6.04 Å². The van der Waals surface area contributed by atoms with Crippen LogP contribution in [0.25, 0.3) is 11.3 Å². The van der Waals surface area contributed by atoms with Crippen molar-refractivity contribution >= 4 is 0 Å². The molecule has 1 N–H and O–H groups in total. The first-order valence-corrected chi connectivity index (χ1v) is 7.66. The Morgan fingerprint density at radius 3 is 2.52 bits per heavy atom. The highest BCUT2D eigenvalue weighted by molar-refractivity contribution is 5.66. The molecule has 0 saturated heterocycles. The minimum atomic E-state index is 0.363. The second kappa shape index (κ2) is 5.90. The van der Waals surface area contributed by atoms with Crippen LogP contribution in [0, 0.1) is 0 Å². The molecule has 0 fully saturated rings. The summed E-state index contributed by atoms with van der Waals surface area (Å²) in [6.07, 6.45) is 2.06. The molecule has 1 aromatic carbocycles. The number of methoxy groups -OCH3 is 1. The number of ether oxygens (including phenoxy) is 1. The van der Waals surface area contributed by atoms with Gasteiger partial charge in [0.2, 0.25) is 0 Å². The summed E-state index contributed by atoms with van der Waals surface area (Å²) < 4.78 is 7.44. The summed E-state index contributed by atoms with van der Waals surface area (Å²) in [5.41, 5.74) is 5.14. The molecule has 0 spiro atoms. The Morgan fingerprint density at radius 1 is 1.14 bits per heavy atom. The fraction of sp³-hybridized carbons (Fsp3) is 0.471. The van der Waals surface area contributed by atoms with Crippen molar-refractivity contribution in [2.45, 2.75) is 32.7 Å². The lowest BCUT2D eigenvalue weighted by Gasteiger charge is -2.13. The highest BCUT2D eigenvalue weighted by Gasteiger charge is 2.21. The van der Waals surface area contributed by atoms with E-state index in [1.807, 2.05) is 12.1 Å². The van der Waals surface area contributed by atoms with Crippen molar-refractivity contribution in [2.75, 3.05) is 20.2 Å². The molecule has 2 aromatic rings. The van der Waals surface area contributed by atoms with Crippen LogP contribution in [0.15, 0.2) is 24.3 Å². The van der Waals surface area contributed by atoms with Crippen LogP contribution in [0.5, 0.6) is 5.75 Å². The van der Waals surface area contributed by atoms with Gasteiger partial charge in [0.05, 0.1) is 18.5 Å². The largest absolute Gasteiger partial charge is 0.497 e. The highest BCUT2D eigenvalue weighted by atomic mass is 16.5. The highest BCUT2D eigenvalue weighted by Crippen LogP contribution is 2.31. The first-order chi connectivity index (χ1) is 10.2. The van der Waals surface area contributed by atoms with Gasteiger partial charge in [0.15, 0.2) is 0 Å². The SMILES string of the molecule is COc1ccc(-c2c3c(nn2C(C)C)CCNCC3)cc1. The Morgan fingerprint density at radius 2 is 1.86 bits per heavy atom. The van der Waals surface area contributed by atoms with E-state index in [-0.39, 0.29) is 0 Å². The number of fused-ring (bicyclic) bond motifs is 1. The molecule has 0 saturated carbocycles. The van der Waals surface area contributed by atoms with E-state index in [1.54, 1.807) is 7.11 Å². The molecule has 1 aliphatic rings. The maximum absolute atomic E-state index is 5.26. The van der Waals surface area contributed by atoms with E-state index in [9.17, 15) is 0 Å². The quantitative estimate of drug-likeness (QED) is 0.942. The molecule has 2 heterocycles. The third-order valence-electron chi connectivity index (χ3n) is 4.03. The zero-order valence-electron chi connectivity index (χ0n) is 13.0. The summed E-state index contributed by atoms with van der Waals surface area (Å²) in [6, 6.07) is 8.67. The van der Waals surface area contributed by atoms with E-state index in [4.69, 9.17) is 9.84 Å². The summed E-state index contributed by atoms with van der Waals surface area (Å²) in [7, 11) is 1.70. The lowest BCUT2D eigenvalue weighted by molar-refractivity contribution is 0.415. The summed E-state index contributed by atoms with van der Waals surface area (Å²) >= 11 is 0. The van der Waals surface area contributed by atoms with Gasteiger partial charge in [-0.05, 0) is 51.1 Å². The van der Waals surface area contributed by atoms with Crippen LogP contribution >= 0.6 is 0 Å². The van der Waals surface area contributed by atoms with Crippen molar-refractivity contribution in [3.05, 3.63) is 35.5 Å². The van der Waals surface area contributed by atoms with Crippen LogP contribution in [-0.4, -0.2) is 30.0 Å². The molecule has 112 valence electrons. The average Bonchev–Trinajstić information content (AvgIpc) is 2.71. The molecule has 0 unspecified atom stereocenters. The Balaban J connectivity index is 2.11. The third kappa shape index (κ3) is 2.68. The average molecular weight is 285 g/mol. The number of hydrogen-bond donors (Lipinski definition) is 1. The second-order valence-corrected chi connectivity index (χ2v) is 5.79. The molecule has 0 aliphatic carbocycles. The van der Waals surface area contributed by atoms with Crippen molar-refractivity contribution in [3.63, 3.8) is 0 Å². The fourth-order valence-corrected chi connectivity index (χ4v) is 2.95. The van der Waals surface area contributed by atoms with E-state index >= 15 is 0 Å². The van der Waals surface area contributed by atoms with Crippen molar-refractivity contribution < 1.29 is 4.74 Å². The maximum atomic E-state index is 5.26. The standard InChI is InChI=1S/C17H23N3O/c1-12(2)20-17(13-4-6-14(21-3)7-5-13)15-8-10-18-11-9-16(15)19-20/h4-7,12,18H,8-11H2,1-3H3.